The lowest BCUT2D eigenvalue weighted by atomic mass is 9.91. The third-order valence-electron chi connectivity index (χ3n) is 4.87. The zero-order valence-electron chi connectivity index (χ0n) is 15.5. The van der Waals surface area contributed by atoms with Crippen LogP contribution in [0.5, 0.6) is 0 Å². The summed E-state index contributed by atoms with van der Waals surface area (Å²) >= 11 is 0. The van der Waals surface area contributed by atoms with E-state index in [9.17, 15) is 13.2 Å². The molecule has 148 valence electrons. The molecule has 2 unspecified atom stereocenters. The summed E-state index contributed by atoms with van der Waals surface area (Å²) < 4.78 is 22.5. The predicted molar refractivity (Wildman–Crippen MR) is 108 cm³/mol. The van der Waals surface area contributed by atoms with Gasteiger partial charge in [0.2, 0.25) is 5.91 Å². The standard InChI is InChI=1S/C19H30N2O3S.ClH/c1-25(23,24)14-12-18(20)19(22)21-13-6-11-17(15-21)10-5-9-16-7-3-2-4-8-16;/h2-4,7-8,17-18H,5-6,9-15,20H2,1H3;1H. The van der Waals surface area contributed by atoms with Crippen molar-refractivity contribution in [1.29, 1.82) is 0 Å². The molecule has 1 heterocycles. The lowest BCUT2D eigenvalue weighted by Crippen LogP contribution is -2.48. The van der Waals surface area contributed by atoms with E-state index in [2.05, 4.69) is 24.3 Å². The van der Waals surface area contributed by atoms with E-state index in [1.807, 2.05) is 11.0 Å². The van der Waals surface area contributed by atoms with Crippen molar-refractivity contribution in [2.45, 2.75) is 44.6 Å². The second-order valence-corrected chi connectivity index (χ2v) is 9.46. The number of sulfone groups is 1. The molecule has 1 saturated heterocycles. The molecule has 2 atom stereocenters. The van der Waals surface area contributed by atoms with E-state index in [0.29, 0.717) is 5.92 Å². The monoisotopic (exact) mass is 402 g/mol. The first-order valence-corrected chi connectivity index (χ1v) is 11.2. The number of amides is 1. The van der Waals surface area contributed by atoms with Crippen LogP contribution in [0.15, 0.2) is 30.3 Å². The number of carbonyl (C=O) groups excluding carboxylic acids is 1. The number of carbonyl (C=O) groups is 1. The van der Waals surface area contributed by atoms with E-state index >= 15 is 0 Å². The number of benzene rings is 1. The fourth-order valence-electron chi connectivity index (χ4n) is 3.44. The van der Waals surface area contributed by atoms with Crippen molar-refractivity contribution in [3.63, 3.8) is 0 Å². The van der Waals surface area contributed by atoms with Crippen LogP contribution in [0.25, 0.3) is 0 Å². The molecule has 1 fully saturated rings. The molecular weight excluding hydrogens is 372 g/mol. The largest absolute Gasteiger partial charge is 0.341 e. The van der Waals surface area contributed by atoms with Gasteiger partial charge >= 0.3 is 0 Å². The molecule has 0 spiro atoms. The predicted octanol–water partition coefficient (Wildman–Crippen LogP) is 2.43. The number of nitrogens with zero attached hydrogens (tertiary/aromatic N) is 1. The van der Waals surface area contributed by atoms with Gasteiger partial charge < -0.3 is 10.6 Å². The molecule has 0 radical (unpaired) electrons. The highest BCUT2D eigenvalue weighted by molar-refractivity contribution is 7.90. The minimum Gasteiger partial charge on any atom is -0.341 e. The second-order valence-electron chi connectivity index (χ2n) is 7.20. The average molecular weight is 403 g/mol. The lowest BCUT2D eigenvalue weighted by molar-refractivity contribution is -0.134. The summed E-state index contributed by atoms with van der Waals surface area (Å²) in [6.45, 7) is 1.49. The highest BCUT2D eigenvalue weighted by Crippen LogP contribution is 2.22. The molecular formula is C19H31ClN2O3S. The van der Waals surface area contributed by atoms with Crippen molar-refractivity contribution in [2.24, 2.45) is 11.7 Å². The maximum absolute atomic E-state index is 12.5. The Bertz CT molecular complexity index is 652. The Morgan fingerprint density at radius 3 is 2.65 bits per heavy atom. The van der Waals surface area contributed by atoms with Crippen molar-refractivity contribution in [2.75, 3.05) is 25.1 Å². The fourth-order valence-corrected chi connectivity index (χ4v) is 4.12. The molecule has 1 amide bonds. The summed E-state index contributed by atoms with van der Waals surface area (Å²) in [7, 11) is -3.08. The molecule has 0 saturated carbocycles. The third kappa shape index (κ3) is 8.06. The van der Waals surface area contributed by atoms with Crippen molar-refractivity contribution in [1.82, 2.24) is 4.90 Å². The number of hydrogen-bond acceptors (Lipinski definition) is 4. The van der Waals surface area contributed by atoms with Gasteiger partial charge in [0.05, 0.1) is 11.8 Å². The number of halogens is 1. The maximum Gasteiger partial charge on any atom is 0.239 e. The van der Waals surface area contributed by atoms with Crippen molar-refractivity contribution in [3.05, 3.63) is 35.9 Å². The number of hydrogen-bond donors (Lipinski definition) is 1. The van der Waals surface area contributed by atoms with Gasteiger partial charge in [0, 0.05) is 19.3 Å². The van der Waals surface area contributed by atoms with Crippen LogP contribution in [0, 0.1) is 5.92 Å². The van der Waals surface area contributed by atoms with Gasteiger partial charge in [0.15, 0.2) is 0 Å². The van der Waals surface area contributed by atoms with Crippen molar-refractivity contribution < 1.29 is 13.2 Å². The molecule has 0 aromatic heterocycles. The summed E-state index contributed by atoms with van der Waals surface area (Å²) in [5.41, 5.74) is 7.28. The fraction of sp³-hybridized carbons (Fsp3) is 0.632. The summed E-state index contributed by atoms with van der Waals surface area (Å²) in [5.74, 6) is 0.383. The molecule has 1 aromatic rings. The number of likely N-dealkylation sites (tertiary alicyclic amines) is 1. The molecule has 5 nitrogen and oxygen atoms in total. The van der Waals surface area contributed by atoms with Gasteiger partial charge in [-0.1, -0.05) is 30.3 Å². The third-order valence-corrected chi connectivity index (χ3v) is 5.85. The van der Waals surface area contributed by atoms with Crippen LogP contribution in [0.3, 0.4) is 0 Å². The first-order chi connectivity index (χ1) is 11.8. The molecule has 26 heavy (non-hydrogen) atoms. The van der Waals surface area contributed by atoms with Gasteiger partial charge in [0.25, 0.3) is 0 Å². The highest BCUT2D eigenvalue weighted by Gasteiger charge is 2.27. The summed E-state index contributed by atoms with van der Waals surface area (Å²) in [5, 5.41) is 0. The minimum absolute atomic E-state index is 0. The number of aryl methyl sites for hydroxylation is 1. The summed E-state index contributed by atoms with van der Waals surface area (Å²) in [6, 6.07) is 9.75. The Labute approximate surface area is 163 Å². The quantitative estimate of drug-likeness (QED) is 0.724. The first kappa shape index (κ1) is 22.9. The smallest absolute Gasteiger partial charge is 0.239 e. The van der Waals surface area contributed by atoms with Crippen LogP contribution < -0.4 is 5.73 Å². The van der Waals surface area contributed by atoms with Gasteiger partial charge in [-0.25, -0.2) is 8.42 Å². The molecule has 1 aliphatic rings. The molecule has 7 heteroatoms. The zero-order valence-corrected chi connectivity index (χ0v) is 17.1. The maximum atomic E-state index is 12.5. The van der Waals surface area contributed by atoms with Crippen LogP contribution in [0.4, 0.5) is 0 Å². The normalized spacial score (nSPS) is 18.8. The Kier molecular flexibility index (Phi) is 9.61. The lowest BCUT2D eigenvalue weighted by Gasteiger charge is -2.34. The van der Waals surface area contributed by atoms with Gasteiger partial charge in [0.1, 0.15) is 9.84 Å². The van der Waals surface area contributed by atoms with E-state index in [1.165, 1.54) is 11.8 Å². The van der Waals surface area contributed by atoms with Crippen LogP contribution in [-0.4, -0.2) is 50.4 Å². The molecule has 2 rings (SSSR count). The highest BCUT2D eigenvalue weighted by atomic mass is 35.5. The SMILES string of the molecule is CS(=O)(=O)CCC(N)C(=O)N1CCCC(CCCc2ccccc2)C1.Cl. The Hall–Kier alpha value is -1.11. The van der Waals surface area contributed by atoms with Gasteiger partial charge in [-0.15, -0.1) is 12.4 Å². The zero-order chi connectivity index (χ0) is 18.3. The Morgan fingerprint density at radius 2 is 2.00 bits per heavy atom. The van der Waals surface area contributed by atoms with Crippen LogP contribution in [0.1, 0.15) is 37.7 Å². The van der Waals surface area contributed by atoms with E-state index in [4.69, 9.17) is 5.73 Å². The molecule has 0 aliphatic carbocycles. The van der Waals surface area contributed by atoms with Crippen LogP contribution in [-0.2, 0) is 21.1 Å². The summed E-state index contributed by atoms with van der Waals surface area (Å²) in [4.78, 5) is 14.3. The van der Waals surface area contributed by atoms with E-state index < -0.39 is 15.9 Å². The number of rotatable bonds is 8. The topological polar surface area (TPSA) is 80.5 Å². The number of piperidine rings is 1. The van der Waals surface area contributed by atoms with Crippen LogP contribution in [0.2, 0.25) is 0 Å². The van der Waals surface area contributed by atoms with E-state index in [0.717, 1.165) is 45.2 Å². The van der Waals surface area contributed by atoms with Crippen molar-refractivity contribution >= 4 is 28.2 Å². The van der Waals surface area contributed by atoms with Gasteiger partial charge in [-0.05, 0) is 50.0 Å². The summed E-state index contributed by atoms with van der Waals surface area (Å²) in [6.07, 6.45) is 6.83. The van der Waals surface area contributed by atoms with Gasteiger partial charge in [-0.2, -0.15) is 0 Å². The molecule has 1 aromatic carbocycles. The van der Waals surface area contributed by atoms with E-state index in [1.54, 1.807) is 0 Å². The molecule has 2 N–H and O–H groups in total. The Morgan fingerprint density at radius 1 is 1.31 bits per heavy atom. The molecule has 1 aliphatic heterocycles. The first-order valence-electron chi connectivity index (χ1n) is 9.11. The van der Waals surface area contributed by atoms with Crippen molar-refractivity contribution in [3.8, 4) is 0 Å². The number of nitrogens with two attached hydrogens (primary N) is 1. The Balaban J connectivity index is 0.00000338. The van der Waals surface area contributed by atoms with Gasteiger partial charge in [-0.3, -0.25) is 4.79 Å². The second kappa shape index (κ2) is 10.9. The average Bonchev–Trinajstić information content (AvgIpc) is 2.59. The van der Waals surface area contributed by atoms with Crippen LogP contribution >= 0.6 is 12.4 Å². The van der Waals surface area contributed by atoms with E-state index in [-0.39, 0.29) is 30.5 Å². The molecule has 0 bridgehead atoms. The minimum atomic E-state index is -3.08.